The zero-order valence-electron chi connectivity index (χ0n) is 7.72. The number of halogens is 3. The van der Waals surface area contributed by atoms with Gasteiger partial charge in [-0.1, -0.05) is 13.8 Å². The van der Waals surface area contributed by atoms with Crippen LogP contribution in [0.25, 0.3) is 0 Å². The third-order valence-corrected chi connectivity index (χ3v) is 3.04. The SMILES string of the molecule is CC1C(O)O[C@@](C)(C(F)(F)F)[C@H]1C. The zero-order chi connectivity index (χ0) is 10.4. The topological polar surface area (TPSA) is 29.5 Å². The van der Waals surface area contributed by atoms with Crippen molar-refractivity contribution < 1.29 is 23.0 Å². The van der Waals surface area contributed by atoms with Crippen LogP contribution in [0.1, 0.15) is 20.8 Å². The normalized spacial score (nSPS) is 46.8. The first-order valence-corrected chi connectivity index (χ1v) is 4.13. The Morgan fingerprint density at radius 2 is 1.77 bits per heavy atom. The van der Waals surface area contributed by atoms with Gasteiger partial charge in [-0.25, -0.2) is 0 Å². The standard InChI is InChI=1S/C8H13F3O2/c1-4-5(2)7(3,8(9,10)11)13-6(4)12/h4-6,12H,1-3H3/t4?,5-,6?,7+/m0/s1. The highest BCUT2D eigenvalue weighted by Gasteiger charge is 2.62. The third kappa shape index (κ3) is 1.44. The molecule has 1 saturated heterocycles. The highest BCUT2D eigenvalue weighted by Crippen LogP contribution is 2.48. The van der Waals surface area contributed by atoms with Gasteiger partial charge in [-0.2, -0.15) is 13.2 Å². The molecule has 1 aliphatic rings. The highest BCUT2D eigenvalue weighted by atomic mass is 19.4. The summed E-state index contributed by atoms with van der Waals surface area (Å²) in [5.41, 5.74) is -2.22. The molecular formula is C8H13F3O2. The van der Waals surface area contributed by atoms with E-state index in [-0.39, 0.29) is 0 Å². The molecule has 1 N–H and O–H groups in total. The molecular weight excluding hydrogens is 185 g/mol. The number of ether oxygens (including phenoxy) is 1. The summed E-state index contributed by atoms with van der Waals surface area (Å²) < 4.78 is 42.1. The van der Waals surface area contributed by atoms with Gasteiger partial charge in [0.2, 0.25) is 0 Å². The van der Waals surface area contributed by atoms with Crippen molar-refractivity contribution >= 4 is 0 Å². The first-order chi connectivity index (χ1) is 5.70. The van der Waals surface area contributed by atoms with Crippen molar-refractivity contribution in [1.82, 2.24) is 0 Å². The first-order valence-electron chi connectivity index (χ1n) is 4.13. The average Bonchev–Trinajstić information content (AvgIpc) is 2.15. The Balaban J connectivity index is 2.94. The van der Waals surface area contributed by atoms with Crippen LogP contribution >= 0.6 is 0 Å². The molecule has 0 aromatic carbocycles. The van der Waals surface area contributed by atoms with Crippen molar-refractivity contribution in [3.05, 3.63) is 0 Å². The molecule has 0 aromatic heterocycles. The molecule has 0 aromatic rings. The van der Waals surface area contributed by atoms with E-state index in [2.05, 4.69) is 4.74 Å². The molecule has 1 aliphatic heterocycles. The molecule has 0 radical (unpaired) electrons. The lowest BCUT2D eigenvalue weighted by molar-refractivity contribution is -0.291. The van der Waals surface area contributed by atoms with Crippen molar-refractivity contribution in [2.24, 2.45) is 11.8 Å². The summed E-state index contributed by atoms with van der Waals surface area (Å²) in [5.74, 6) is -1.23. The van der Waals surface area contributed by atoms with Gasteiger partial charge in [0.1, 0.15) is 0 Å². The van der Waals surface area contributed by atoms with Crippen LogP contribution in [0, 0.1) is 11.8 Å². The second-order valence-electron chi connectivity index (χ2n) is 3.76. The van der Waals surface area contributed by atoms with Gasteiger partial charge in [0.25, 0.3) is 0 Å². The van der Waals surface area contributed by atoms with Gasteiger partial charge >= 0.3 is 6.18 Å². The molecule has 0 amide bonds. The van der Waals surface area contributed by atoms with Crippen molar-refractivity contribution in [3.8, 4) is 0 Å². The van der Waals surface area contributed by atoms with E-state index < -0.39 is 29.9 Å². The van der Waals surface area contributed by atoms with Gasteiger partial charge in [0.05, 0.1) is 0 Å². The van der Waals surface area contributed by atoms with Gasteiger partial charge in [0.15, 0.2) is 11.9 Å². The van der Waals surface area contributed by atoms with Gasteiger partial charge in [-0.05, 0) is 6.92 Å². The summed E-state index contributed by atoms with van der Waals surface area (Å²) in [7, 11) is 0. The maximum atomic E-state index is 12.5. The van der Waals surface area contributed by atoms with E-state index in [1.165, 1.54) is 6.92 Å². The first kappa shape index (κ1) is 10.8. The molecule has 2 unspecified atom stereocenters. The lowest BCUT2D eigenvalue weighted by atomic mass is 9.84. The minimum atomic E-state index is -4.43. The Kier molecular flexibility index (Phi) is 2.37. The number of hydrogen-bond acceptors (Lipinski definition) is 2. The second kappa shape index (κ2) is 2.85. The van der Waals surface area contributed by atoms with Crippen molar-refractivity contribution in [1.29, 1.82) is 0 Å². The minimum Gasteiger partial charge on any atom is -0.368 e. The molecule has 5 heteroatoms. The van der Waals surface area contributed by atoms with Crippen LogP contribution in [-0.2, 0) is 4.74 Å². The quantitative estimate of drug-likeness (QED) is 0.644. The van der Waals surface area contributed by atoms with E-state index in [1.54, 1.807) is 6.92 Å². The Hall–Kier alpha value is -0.290. The molecule has 0 spiro atoms. The van der Waals surface area contributed by atoms with Gasteiger partial charge < -0.3 is 9.84 Å². The molecule has 0 bridgehead atoms. The highest BCUT2D eigenvalue weighted by molar-refractivity contribution is 4.96. The smallest absolute Gasteiger partial charge is 0.368 e. The monoisotopic (exact) mass is 198 g/mol. The molecule has 2 nitrogen and oxygen atoms in total. The van der Waals surface area contributed by atoms with E-state index >= 15 is 0 Å². The molecule has 13 heavy (non-hydrogen) atoms. The van der Waals surface area contributed by atoms with Gasteiger partial charge in [-0.15, -0.1) is 0 Å². The summed E-state index contributed by atoms with van der Waals surface area (Å²) in [4.78, 5) is 0. The molecule has 0 saturated carbocycles. The zero-order valence-corrected chi connectivity index (χ0v) is 7.72. The summed E-state index contributed by atoms with van der Waals surface area (Å²) in [6.07, 6.45) is -5.75. The Morgan fingerprint density at radius 3 is 1.92 bits per heavy atom. The second-order valence-corrected chi connectivity index (χ2v) is 3.76. The maximum absolute atomic E-state index is 12.5. The fourth-order valence-corrected chi connectivity index (χ4v) is 1.54. The Labute approximate surface area is 74.7 Å². The predicted molar refractivity (Wildman–Crippen MR) is 39.9 cm³/mol. The summed E-state index contributed by atoms with van der Waals surface area (Å²) in [5, 5.41) is 9.14. The molecule has 1 heterocycles. The largest absolute Gasteiger partial charge is 0.417 e. The average molecular weight is 198 g/mol. The fraction of sp³-hybridized carbons (Fsp3) is 1.00. The number of aliphatic hydroxyl groups excluding tert-OH is 1. The number of alkyl halides is 3. The van der Waals surface area contributed by atoms with Crippen LogP contribution in [0.15, 0.2) is 0 Å². The van der Waals surface area contributed by atoms with Crippen LogP contribution in [0.5, 0.6) is 0 Å². The van der Waals surface area contributed by atoms with Crippen molar-refractivity contribution in [2.75, 3.05) is 0 Å². The van der Waals surface area contributed by atoms with E-state index in [0.29, 0.717) is 0 Å². The van der Waals surface area contributed by atoms with Gasteiger partial charge in [-0.3, -0.25) is 0 Å². The molecule has 0 aliphatic carbocycles. The van der Waals surface area contributed by atoms with Crippen LogP contribution in [-0.4, -0.2) is 23.2 Å². The lowest BCUT2D eigenvalue weighted by Crippen LogP contribution is -2.46. The van der Waals surface area contributed by atoms with E-state index in [4.69, 9.17) is 5.11 Å². The van der Waals surface area contributed by atoms with E-state index in [1.807, 2.05) is 0 Å². The number of rotatable bonds is 0. The molecule has 78 valence electrons. The lowest BCUT2D eigenvalue weighted by Gasteiger charge is -2.30. The Morgan fingerprint density at radius 1 is 1.31 bits per heavy atom. The fourth-order valence-electron chi connectivity index (χ4n) is 1.54. The predicted octanol–water partition coefficient (Wildman–Crippen LogP) is 1.93. The summed E-state index contributed by atoms with van der Waals surface area (Å²) in [6, 6.07) is 0. The third-order valence-electron chi connectivity index (χ3n) is 3.04. The van der Waals surface area contributed by atoms with Crippen molar-refractivity contribution in [3.63, 3.8) is 0 Å². The minimum absolute atomic E-state index is 0.494. The van der Waals surface area contributed by atoms with Crippen molar-refractivity contribution in [2.45, 2.75) is 38.8 Å². The maximum Gasteiger partial charge on any atom is 0.417 e. The van der Waals surface area contributed by atoms with Crippen LogP contribution in [0.2, 0.25) is 0 Å². The summed E-state index contributed by atoms with van der Waals surface area (Å²) >= 11 is 0. The number of hydrogen-bond donors (Lipinski definition) is 1. The van der Waals surface area contributed by atoms with Crippen LogP contribution < -0.4 is 0 Å². The van der Waals surface area contributed by atoms with E-state index in [0.717, 1.165) is 6.92 Å². The molecule has 1 fully saturated rings. The molecule has 1 rings (SSSR count). The summed E-state index contributed by atoms with van der Waals surface area (Å²) in [6.45, 7) is 3.96. The Bertz CT molecular complexity index is 204. The van der Waals surface area contributed by atoms with E-state index in [9.17, 15) is 13.2 Å². The van der Waals surface area contributed by atoms with Crippen LogP contribution in [0.3, 0.4) is 0 Å². The van der Waals surface area contributed by atoms with Gasteiger partial charge in [0, 0.05) is 11.8 Å². The molecule has 4 atom stereocenters. The van der Waals surface area contributed by atoms with Crippen LogP contribution in [0.4, 0.5) is 13.2 Å². The number of aliphatic hydroxyl groups is 1.